The van der Waals surface area contributed by atoms with Crippen molar-refractivity contribution in [2.75, 3.05) is 19.6 Å². The lowest BCUT2D eigenvalue weighted by molar-refractivity contribution is -0.133. The lowest BCUT2D eigenvalue weighted by Gasteiger charge is -2.38. The maximum absolute atomic E-state index is 11.8. The van der Waals surface area contributed by atoms with Gasteiger partial charge in [-0.25, -0.2) is 0 Å². The number of hydrogen-bond acceptors (Lipinski definition) is 2. The molecule has 0 aromatic carbocycles. The van der Waals surface area contributed by atoms with Crippen molar-refractivity contribution in [3.05, 3.63) is 0 Å². The largest absolute Gasteiger partial charge is 0.343 e. The van der Waals surface area contributed by atoms with Crippen LogP contribution in [0.1, 0.15) is 46.5 Å². The molecule has 3 nitrogen and oxygen atoms in total. The van der Waals surface area contributed by atoms with Gasteiger partial charge in [-0.1, -0.05) is 20.8 Å². The summed E-state index contributed by atoms with van der Waals surface area (Å²) < 4.78 is 0. The zero-order valence-electron chi connectivity index (χ0n) is 11.0. The molecule has 0 unspecified atom stereocenters. The molecule has 0 atom stereocenters. The van der Waals surface area contributed by atoms with Crippen molar-refractivity contribution in [3.63, 3.8) is 0 Å². The molecular formula is C13H26N2O. The van der Waals surface area contributed by atoms with Crippen LogP contribution in [0.4, 0.5) is 0 Å². The van der Waals surface area contributed by atoms with Crippen LogP contribution in [0.25, 0.3) is 0 Å². The summed E-state index contributed by atoms with van der Waals surface area (Å²) in [4.78, 5) is 13.8. The van der Waals surface area contributed by atoms with Gasteiger partial charge in [-0.15, -0.1) is 0 Å². The summed E-state index contributed by atoms with van der Waals surface area (Å²) in [6, 6.07) is 0. The van der Waals surface area contributed by atoms with Crippen molar-refractivity contribution in [2.45, 2.75) is 46.5 Å². The van der Waals surface area contributed by atoms with E-state index in [0.29, 0.717) is 18.4 Å². The van der Waals surface area contributed by atoms with Crippen LogP contribution >= 0.6 is 0 Å². The third-order valence-electron chi connectivity index (χ3n) is 3.67. The first kappa shape index (κ1) is 13.5. The van der Waals surface area contributed by atoms with E-state index >= 15 is 0 Å². The second-order valence-corrected chi connectivity index (χ2v) is 5.91. The molecule has 1 fully saturated rings. The topological polar surface area (TPSA) is 46.3 Å². The van der Waals surface area contributed by atoms with Crippen LogP contribution < -0.4 is 5.73 Å². The van der Waals surface area contributed by atoms with Crippen molar-refractivity contribution in [1.29, 1.82) is 0 Å². The van der Waals surface area contributed by atoms with Gasteiger partial charge in [0.25, 0.3) is 0 Å². The molecule has 94 valence electrons. The number of rotatable bonds is 3. The van der Waals surface area contributed by atoms with E-state index in [2.05, 4.69) is 20.8 Å². The number of amides is 1. The fourth-order valence-electron chi connectivity index (χ4n) is 2.41. The molecule has 1 amide bonds. The molecule has 1 saturated heterocycles. The van der Waals surface area contributed by atoms with Gasteiger partial charge in [-0.05, 0) is 37.1 Å². The van der Waals surface area contributed by atoms with E-state index in [0.717, 1.165) is 38.3 Å². The van der Waals surface area contributed by atoms with E-state index in [1.165, 1.54) is 0 Å². The molecule has 0 aliphatic carbocycles. The van der Waals surface area contributed by atoms with Crippen LogP contribution in [0.15, 0.2) is 0 Å². The Balaban J connectivity index is 2.34. The molecule has 1 aliphatic heterocycles. The van der Waals surface area contributed by atoms with Gasteiger partial charge in [-0.2, -0.15) is 0 Å². The van der Waals surface area contributed by atoms with E-state index < -0.39 is 0 Å². The highest BCUT2D eigenvalue weighted by atomic mass is 16.2. The minimum absolute atomic E-state index is 0.290. The van der Waals surface area contributed by atoms with E-state index in [1.807, 2.05) is 4.90 Å². The molecule has 0 saturated carbocycles. The lowest BCUT2D eigenvalue weighted by Crippen LogP contribution is -2.41. The maximum atomic E-state index is 11.8. The average Bonchev–Trinajstić information content (AvgIpc) is 2.25. The number of nitrogens with zero attached hydrogens (tertiary/aromatic N) is 1. The van der Waals surface area contributed by atoms with E-state index in [9.17, 15) is 4.79 Å². The molecule has 1 heterocycles. The Hall–Kier alpha value is -0.570. The van der Waals surface area contributed by atoms with Crippen LogP contribution in [-0.2, 0) is 4.79 Å². The fraction of sp³-hybridized carbons (Fsp3) is 0.923. The minimum atomic E-state index is 0.290. The molecule has 3 heteroatoms. The summed E-state index contributed by atoms with van der Waals surface area (Å²) >= 11 is 0. The van der Waals surface area contributed by atoms with Crippen molar-refractivity contribution < 1.29 is 4.79 Å². The van der Waals surface area contributed by atoms with Crippen LogP contribution in [0.5, 0.6) is 0 Å². The second-order valence-electron chi connectivity index (χ2n) is 5.91. The number of hydrogen-bond donors (Lipinski definition) is 1. The number of likely N-dealkylation sites (tertiary alicyclic amines) is 1. The Labute approximate surface area is 99.4 Å². The van der Waals surface area contributed by atoms with E-state index in [4.69, 9.17) is 5.73 Å². The lowest BCUT2D eigenvalue weighted by atomic mass is 9.75. The average molecular weight is 226 g/mol. The van der Waals surface area contributed by atoms with Gasteiger partial charge in [0.1, 0.15) is 0 Å². The van der Waals surface area contributed by atoms with Gasteiger partial charge >= 0.3 is 0 Å². The predicted molar refractivity (Wildman–Crippen MR) is 67.0 cm³/mol. The molecule has 16 heavy (non-hydrogen) atoms. The van der Waals surface area contributed by atoms with Gasteiger partial charge in [-0.3, -0.25) is 4.79 Å². The zero-order valence-corrected chi connectivity index (χ0v) is 11.0. The summed E-state index contributed by atoms with van der Waals surface area (Å²) in [6.45, 7) is 9.37. The molecular weight excluding hydrogens is 200 g/mol. The van der Waals surface area contributed by atoms with E-state index in [-0.39, 0.29) is 5.91 Å². The summed E-state index contributed by atoms with van der Waals surface area (Å²) in [6.07, 6.45) is 3.74. The first-order valence-corrected chi connectivity index (χ1v) is 6.43. The predicted octanol–water partition coefficient (Wildman–Crippen LogP) is 2.01. The fourth-order valence-corrected chi connectivity index (χ4v) is 2.41. The van der Waals surface area contributed by atoms with Gasteiger partial charge in [0.2, 0.25) is 5.91 Å². The van der Waals surface area contributed by atoms with Crippen molar-refractivity contribution >= 4 is 5.91 Å². The Kier molecular flexibility index (Phi) is 4.78. The number of nitrogens with two attached hydrogens (primary N) is 1. The van der Waals surface area contributed by atoms with Crippen LogP contribution in [-0.4, -0.2) is 30.4 Å². The Morgan fingerprint density at radius 2 is 1.88 bits per heavy atom. The first-order chi connectivity index (χ1) is 7.45. The molecule has 0 aromatic heterocycles. The molecule has 0 bridgehead atoms. The van der Waals surface area contributed by atoms with Gasteiger partial charge in [0.15, 0.2) is 0 Å². The smallest absolute Gasteiger partial charge is 0.222 e. The third kappa shape index (κ3) is 3.78. The van der Waals surface area contributed by atoms with Crippen LogP contribution in [0.3, 0.4) is 0 Å². The molecule has 1 rings (SSSR count). The molecule has 2 N–H and O–H groups in total. The highest BCUT2D eigenvalue weighted by Gasteiger charge is 2.29. The Morgan fingerprint density at radius 3 is 2.31 bits per heavy atom. The van der Waals surface area contributed by atoms with Crippen molar-refractivity contribution in [2.24, 2.45) is 17.1 Å². The summed E-state index contributed by atoms with van der Waals surface area (Å²) in [7, 11) is 0. The standard InChI is InChI=1S/C13H26N2O/c1-13(2,3)11-6-9-15(10-7-11)12(16)5-4-8-14/h11H,4-10,14H2,1-3H3. The zero-order chi connectivity index (χ0) is 12.2. The number of carbonyl (C=O) groups is 1. The minimum Gasteiger partial charge on any atom is -0.343 e. The Morgan fingerprint density at radius 1 is 1.31 bits per heavy atom. The molecule has 0 aromatic rings. The second kappa shape index (κ2) is 5.67. The van der Waals surface area contributed by atoms with Gasteiger partial charge in [0.05, 0.1) is 0 Å². The van der Waals surface area contributed by atoms with Gasteiger partial charge < -0.3 is 10.6 Å². The highest BCUT2D eigenvalue weighted by Crippen LogP contribution is 2.34. The third-order valence-corrected chi connectivity index (χ3v) is 3.67. The SMILES string of the molecule is CC(C)(C)C1CCN(C(=O)CCCN)CC1. The normalized spacial score (nSPS) is 18.9. The monoisotopic (exact) mass is 226 g/mol. The van der Waals surface area contributed by atoms with Gasteiger partial charge in [0, 0.05) is 19.5 Å². The molecule has 1 aliphatic rings. The van der Waals surface area contributed by atoms with Crippen LogP contribution in [0.2, 0.25) is 0 Å². The highest BCUT2D eigenvalue weighted by molar-refractivity contribution is 5.76. The summed E-state index contributed by atoms with van der Waals surface area (Å²) in [5.74, 6) is 1.05. The first-order valence-electron chi connectivity index (χ1n) is 6.43. The number of carbonyl (C=O) groups excluding carboxylic acids is 1. The maximum Gasteiger partial charge on any atom is 0.222 e. The number of piperidine rings is 1. The van der Waals surface area contributed by atoms with Crippen molar-refractivity contribution in [1.82, 2.24) is 4.90 Å². The Bertz CT molecular complexity index is 225. The molecule has 0 radical (unpaired) electrons. The van der Waals surface area contributed by atoms with E-state index in [1.54, 1.807) is 0 Å². The molecule has 0 spiro atoms. The quantitative estimate of drug-likeness (QED) is 0.800. The summed E-state index contributed by atoms with van der Waals surface area (Å²) in [5.41, 5.74) is 5.80. The van der Waals surface area contributed by atoms with Crippen LogP contribution in [0, 0.1) is 11.3 Å². The van der Waals surface area contributed by atoms with Crippen molar-refractivity contribution in [3.8, 4) is 0 Å². The summed E-state index contributed by atoms with van der Waals surface area (Å²) in [5, 5.41) is 0.